The van der Waals surface area contributed by atoms with E-state index >= 15 is 0 Å². The first-order chi connectivity index (χ1) is 12.9. The van der Waals surface area contributed by atoms with Gasteiger partial charge in [0.15, 0.2) is 0 Å². The van der Waals surface area contributed by atoms with Crippen LogP contribution in [-0.2, 0) is 21.4 Å². The van der Waals surface area contributed by atoms with Gasteiger partial charge in [-0.05, 0) is 35.9 Å². The number of halogens is 1. The minimum Gasteiger partial charge on any atom is -0.306 e. The monoisotopic (exact) mass is 424 g/mol. The fraction of sp³-hybridized carbons (Fsp3) is 0.316. The number of sulfonamides is 1. The number of fused-ring (bicyclic) bond motifs is 1. The van der Waals surface area contributed by atoms with Crippen molar-refractivity contribution in [3.8, 4) is 0 Å². The van der Waals surface area contributed by atoms with E-state index in [4.69, 9.17) is 11.6 Å². The Morgan fingerprint density at radius 3 is 2.56 bits per heavy atom. The zero-order valence-corrected chi connectivity index (χ0v) is 17.6. The van der Waals surface area contributed by atoms with E-state index in [1.54, 1.807) is 29.2 Å². The van der Waals surface area contributed by atoms with Gasteiger partial charge in [-0.2, -0.15) is 4.31 Å². The van der Waals surface area contributed by atoms with E-state index < -0.39 is 10.0 Å². The summed E-state index contributed by atoms with van der Waals surface area (Å²) in [5.41, 5.74) is 1.52. The number of amides is 1. The van der Waals surface area contributed by atoms with Crippen LogP contribution in [0.15, 0.2) is 52.3 Å². The topological polar surface area (TPSA) is 57.7 Å². The lowest BCUT2D eigenvalue weighted by Crippen LogP contribution is -2.35. The maximum atomic E-state index is 12.9. The van der Waals surface area contributed by atoms with Gasteiger partial charge in [0.05, 0.1) is 22.9 Å². The minimum absolute atomic E-state index is 0.0511. The van der Waals surface area contributed by atoms with Crippen molar-refractivity contribution in [3.05, 3.63) is 53.1 Å². The number of nitrogens with zero attached hydrogens (tertiary/aromatic N) is 2. The predicted molar refractivity (Wildman–Crippen MR) is 110 cm³/mol. The lowest BCUT2D eigenvalue weighted by atomic mass is 10.2. The van der Waals surface area contributed by atoms with Crippen molar-refractivity contribution in [2.75, 3.05) is 23.7 Å². The van der Waals surface area contributed by atoms with Crippen LogP contribution in [0.25, 0.3) is 0 Å². The number of rotatable bonds is 6. The molecule has 1 aliphatic rings. The van der Waals surface area contributed by atoms with Gasteiger partial charge in [0.25, 0.3) is 0 Å². The Kier molecular flexibility index (Phi) is 6.15. The summed E-state index contributed by atoms with van der Waals surface area (Å²) >= 11 is 7.49. The summed E-state index contributed by atoms with van der Waals surface area (Å²) in [5, 5.41) is 0.601. The molecule has 0 saturated heterocycles. The van der Waals surface area contributed by atoms with E-state index in [0.29, 0.717) is 36.1 Å². The Morgan fingerprint density at radius 2 is 1.89 bits per heavy atom. The molecule has 0 bridgehead atoms. The number of benzene rings is 2. The maximum Gasteiger partial charge on any atom is 0.243 e. The molecule has 144 valence electrons. The minimum atomic E-state index is -3.59. The molecule has 3 rings (SSSR count). The first kappa shape index (κ1) is 20.2. The molecule has 2 aromatic carbocycles. The molecule has 0 N–H and O–H groups in total. The van der Waals surface area contributed by atoms with Crippen molar-refractivity contribution < 1.29 is 13.2 Å². The van der Waals surface area contributed by atoms with E-state index in [-0.39, 0.29) is 10.8 Å². The quantitative estimate of drug-likeness (QED) is 0.703. The van der Waals surface area contributed by atoms with Crippen LogP contribution in [0.3, 0.4) is 0 Å². The van der Waals surface area contributed by atoms with Gasteiger partial charge in [-0.15, -0.1) is 11.8 Å². The molecule has 0 aliphatic carbocycles. The molecule has 1 heterocycles. The lowest BCUT2D eigenvalue weighted by Gasteiger charge is -2.30. The van der Waals surface area contributed by atoms with Gasteiger partial charge < -0.3 is 4.90 Å². The van der Waals surface area contributed by atoms with Gasteiger partial charge in [0.1, 0.15) is 0 Å². The highest BCUT2D eigenvalue weighted by Crippen LogP contribution is 2.38. The summed E-state index contributed by atoms with van der Waals surface area (Å²) in [7, 11) is -3.59. The third kappa shape index (κ3) is 4.16. The number of carbonyl (C=O) groups excluding carboxylic acids is 1. The zero-order valence-electron chi connectivity index (χ0n) is 15.2. The number of anilines is 1. The summed E-state index contributed by atoms with van der Waals surface area (Å²) in [6, 6.07) is 12.3. The molecule has 0 radical (unpaired) electrons. The summed E-state index contributed by atoms with van der Waals surface area (Å²) in [5.74, 6) is 0.278. The average molecular weight is 425 g/mol. The predicted octanol–water partition coefficient (Wildman–Crippen LogP) is 4.01. The molecule has 0 fully saturated rings. The van der Waals surface area contributed by atoms with Crippen molar-refractivity contribution in [1.82, 2.24) is 4.31 Å². The second kappa shape index (κ2) is 8.22. The highest BCUT2D eigenvalue weighted by atomic mass is 35.5. The Labute approximate surface area is 169 Å². The summed E-state index contributed by atoms with van der Waals surface area (Å²) in [6.07, 6.45) is 0. The van der Waals surface area contributed by atoms with E-state index in [1.165, 1.54) is 16.1 Å². The van der Waals surface area contributed by atoms with Crippen LogP contribution in [-0.4, -0.2) is 37.5 Å². The summed E-state index contributed by atoms with van der Waals surface area (Å²) in [4.78, 5) is 15.3. The first-order valence-corrected chi connectivity index (χ1v) is 11.5. The number of carbonyl (C=O) groups is 1. The van der Waals surface area contributed by atoms with Crippen molar-refractivity contribution in [3.63, 3.8) is 0 Å². The van der Waals surface area contributed by atoms with Crippen LogP contribution in [0.5, 0.6) is 0 Å². The normalized spacial score (nSPS) is 14.5. The van der Waals surface area contributed by atoms with Gasteiger partial charge in [-0.25, -0.2) is 8.42 Å². The van der Waals surface area contributed by atoms with Crippen LogP contribution >= 0.6 is 23.4 Å². The second-order valence-corrected chi connectivity index (χ2v) is 9.51. The number of hydrogen-bond acceptors (Lipinski definition) is 4. The van der Waals surface area contributed by atoms with Crippen LogP contribution in [0.1, 0.15) is 19.4 Å². The molecule has 0 unspecified atom stereocenters. The van der Waals surface area contributed by atoms with Gasteiger partial charge in [0.2, 0.25) is 15.9 Å². The Bertz CT molecular complexity index is 959. The van der Waals surface area contributed by atoms with E-state index in [1.807, 2.05) is 32.0 Å². The Hall–Kier alpha value is -1.54. The summed E-state index contributed by atoms with van der Waals surface area (Å²) in [6.45, 7) is 4.77. The zero-order chi connectivity index (χ0) is 19.6. The molecule has 2 aromatic rings. The molecule has 5 nitrogen and oxygen atoms in total. The third-order valence-corrected chi connectivity index (χ3v) is 7.77. The van der Waals surface area contributed by atoms with E-state index in [2.05, 4.69) is 0 Å². The molecule has 27 heavy (non-hydrogen) atoms. The Morgan fingerprint density at radius 1 is 1.15 bits per heavy atom. The van der Waals surface area contributed by atoms with Crippen LogP contribution in [0, 0.1) is 0 Å². The second-order valence-electron chi connectivity index (χ2n) is 6.12. The first-order valence-electron chi connectivity index (χ1n) is 8.68. The molecule has 1 amide bonds. The molecule has 1 aliphatic heterocycles. The van der Waals surface area contributed by atoms with E-state index in [9.17, 15) is 13.2 Å². The van der Waals surface area contributed by atoms with Crippen molar-refractivity contribution >= 4 is 45.0 Å². The smallest absolute Gasteiger partial charge is 0.243 e. The fourth-order valence-corrected chi connectivity index (χ4v) is 5.65. The molecule has 0 aromatic heterocycles. The van der Waals surface area contributed by atoms with Crippen LogP contribution in [0.2, 0.25) is 5.02 Å². The van der Waals surface area contributed by atoms with E-state index in [0.717, 1.165) is 10.5 Å². The number of hydrogen-bond donors (Lipinski definition) is 0. The Balaban J connectivity index is 2.02. The maximum absolute atomic E-state index is 12.9. The fourth-order valence-electron chi connectivity index (χ4n) is 3.05. The molecule has 8 heteroatoms. The third-order valence-electron chi connectivity index (χ3n) is 4.45. The SMILES string of the molecule is CCN(CC)S(=O)(=O)c1ccc2c(c1)N(Cc1cccc(Cl)c1)C(=O)CS2. The van der Waals surface area contributed by atoms with Crippen molar-refractivity contribution in [1.29, 1.82) is 0 Å². The molecule has 0 spiro atoms. The molecular weight excluding hydrogens is 404 g/mol. The lowest BCUT2D eigenvalue weighted by molar-refractivity contribution is -0.116. The van der Waals surface area contributed by atoms with Gasteiger partial charge in [-0.1, -0.05) is 37.6 Å². The largest absolute Gasteiger partial charge is 0.306 e. The van der Waals surface area contributed by atoms with Gasteiger partial charge >= 0.3 is 0 Å². The van der Waals surface area contributed by atoms with Crippen molar-refractivity contribution in [2.24, 2.45) is 0 Å². The molecule has 0 saturated carbocycles. The van der Waals surface area contributed by atoms with Gasteiger partial charge in [0, 0.05) is 23.0 Å². The van der Waals surface area contributed by atoms with Crippen LogP contribution < -0.4 is 4.90 Å². The summed E-state index contributed by atoms with van der Waals surface area (Å²) < 4.78 is 27.1. The van der Waals surface area contributed by atoms with Crippen molar-refractivity contribution in [2.45, 2.75) is 30.2 Å². The standard InChI is InChI=1S/C19H21ClN2O3S2/c1-3-21(4-2)27(24,25)16-8-9-18-17(11-16)22(19(23)13-26-18)12-14-6-5-7-15(20)10-14/h5-11H,3-4,12-13H2,1-2H3. The number of thioether (sulfide) groups is 1. The average Bonchev–Trinajstić information content (AvgIpc) is 2.64. The highest BCUT2D eigenvalue weighted by Gasteiger charge is 2.28. The molecular formula is C19H21ClN2O3S2. The molecule has 0 atom stereocenters. The van der Waals surface area contributed by atoms with Gasteiger partial charge in [-0.3, -0.25) is 4.79 Å². The van der Waals surface area contributed by atoms with Crippen LogP contribution in [0.4, 0.5) is 5.69 Å². The highest BCUT2D eigenvalue weighted by molar-refractivity contribution is 8.00.